The molecule has 2 atom stereocenters. The predicted octanol–water partition coefficient (Wildman–Crippen LogP) is 3.01. The third-order valence-corrected chi connectivity index (χ3v) is 4.66. The number of carbonyl (C=O) groups is 2. The van der Waals surface area contributed by atoms with Crippen LogP contribution in [0.2, 0.25) is 0 Å². The number of ether oxygens (including phenoxy) is 1. The minimum Gasteiger partial charge on any atom is -0.481 e. The van der Waals surface area contributed by atoms with Gasteiger partial charge in [0.05, 0.1) is 11.7 Å². The maximum absolute atomic E-state index is 12.9. The standard InChI is InChI=1S/C21H23N3O3/c1-14-10-8-9-13-18(14)27-16(3)20(25)22-19-15(2)23(4)24(21(19)26)17-11-6-5-7-12-17/h5-13,15-16H,1-4H3. The molecule has 0 radical (unpaired) electrons. The van der Waals surface area contributed by atoms with E-state index in [1.54, 1.807) is 25.0 Å². The molecule has 2 aromatic carbocycles. The van der Waals surface area contributed by atoms with Gasteiger partial charge < -0.3 is 4.74 Å². The third-order valence-electron chi connectivity index (χ3n) is 4.66. The number of carbonyl (C=O) groups excluding carboxylic acids is 2. The molecule has 1 aliphatic heterocycles. The molecule has 0 saturated carbocycles. The van der Waals surface area contributed by atoms with Crippen LogP contribution in [0.25, 0.3) is 0 Å². The molecule has 27 heavy (non-hydrogen) atoms. The molecule has 1 aliphatic rings. The van der Waals surface area contributed by atoms with Crippen LogP contribution in [0.15, 0.2) is 59.6 Å². The topological polar surface area (TPSA) is 62.2 Å². The zero-order valence-electron chi connectivity index (χ0n) is 15.9. The Kier molecular flexibility index (Phi) is 5.37. The van der Waals surface area contributed by atoms with Crippen LogP contribution in [0.5, 0.6) is 5.75 Å². The number of aliphatic imine (C=N–C) groups is 1. The van der Waals surface area contributed by atoms with Crippen molar-refractivity contribution >= 4 is 23.2 Å². The average Bonchev–Trinajstić information content (AvgIpc) is 2.87. The fourth-order valence-corrected chi connectivity index (χ4v) is 2.93. The van der Waals surface area contributed by atoms with E-state index in [-0.39, 0.29) is 17.7 Å². The summed E-state index contributed by atoms with van der Waals surface area (Å²) in [5, 5.41) is 3.31. The highest BCUT2D eigenvalue weighted by atomic mass is 16.5. The summed E-state index contributed by atoms with van der Waals surface area (Å²) in [5.41, 5.74) is 1.88. The number of amides is 2. The number of para-hydroxylation sites is 2. The number of nitrogens with zero attached hydrogens (tertiary/aromatic N) is 3. The van der Waals surface area contributed by atoms with E-state index in [1.807, 2.05) is 62.4 Å². The molecular weight excluding hydrogens is 342 g/mol. The van der Waals surface area contributed by atoms with Crippen molar-refractivity contribution in [1.82, 2.24) is 5.01 Å². The van der Waals surface area contributed by atoms with E-state index < -0.39 is 12.0 Å². The molecule has 0 bridgehead atoms. The smallest absolute Gasteiger partial charge is 0.289 e. The van der Waals surface area contributed by atoms with Crippen molar-refractivity contribution in [3.8, 4) is 5.75 Å². The van der Waals surface area contributed by atoms with Crippen LogP contribution in [0.1, 0.15) is 19.4 Å². The Morgan fingerprint density at radius 2 is 1.74 bits per heavy atom. The van der Waals surface area contributed by atoms with Gasteiger partial charge in [0.25, 0.3) is 11.8 Å². The lowest BCUT2D eigenvalue weighted by Crippen LogP contribution is -2.38. The van der Waals surface area contributed by atoms with E-state index in [9.17, 15) is 9.59 Å². The summed E-state index contributed by atoms with van der Waals surface area (Å²) in [7, 11) is 1.80. The zero-order valence-corrected chi connectivity index (χ0v) is 15.9. The van der Waals surface area contributed by atoms with Gasteiger partial charge in [0.15, 0.2) is 6.10 Å². The molecule has 6 heteroatoms. The first kappa shape index (κ1) is 18.8. The Morgan fingerprint density at radius 1 is 1.11 bits per heavy atom. The van der Waals surface area contributed by atoms with Crippen LogP contribution < -0.4 is 9.75 Å². The van der Waals surface area contributed by atoms with Gasteiger partial charge in [-0.2, -0.15) is 0 Å². The first-order valence-corrected chi connectivity index (χ1v) is 8.87. The number of hydrazine groups is 1. The number of rotatable bonds is 4. The highest BCUT2D eigenvalue weighted by molar-refractivity contribution is 6.48. The van der Waals surface area contributed by atoms with E-state index >= 15 is 0 Å². The molecular formula is C21H23N3O3. The van der Waals surface area contributed by atoms with Crippen LogP contribution in [-0.4, -0.2) is 41.7 Å². The fraction of sp³-hybridized carbons (Fsp3) is 0.286. The Bertz CT molecular complexity index is 879. The van der Waals surface area contributed by atoms with Crippen LogP contribution in [0.3, 0.4) is 0 Å². The number of aryl methyl sites for hydroxylation is 1. The quantitative estimate of drug-likeness (QED) is 0.836. The van der Waals surface area contributed by atoms with Gasteiger partial charge in [-0.25, -0.2) is 15.0 Å². The lowest BCUT2D eigenvalue weighted by atomic mass is 10.2. The third kappa shape index (κ3) is 3.75. The maximum Gasteiger partial charge on any atom is 0.289 e. The van der Waals surface area contributed by atoms with E-state index in [4.69, 9.17) is 4.74 Å². The molecule has 1 saturated heterocycles. The zero-order chi connectivity index (χ0) is 19.6. The molecule has 0 N–H and O–H groups in total. The molecule has 0 spiro atoms. The molecule has 2 unspecified atom stereocenters. The SMILES string of the molecule is Cc1ccccc1OC(C)C(=O)N=C1C(=O)N(c2ccccc2)N(C)C1C. The predicted molar refractivity (Wildman–Crippen MR) is 105 cm³/mol. The Labute approximate surface area is 159 Å². The normalized spacial score (nSPS) is 20.1. The molecule has 0 aromatic heterocycles. The number of hydrogen-bond donors (Lipinski definition) is 0. The number of hydrogen-bond acceptors (Lipinski definition) is 4. The molecule has 2 aromatic rings. The monoisotopic (exact) mass is 365 g/mol. The van der Waals surface area contributed by atoms with Gasteiger partial charge in [-0.05, 0) is 44.5 Å². The molecule has 3 rings (SSSR count). The minimum atomic E-state index is -0.783. The molecule has 2 amide bonds. The van der Waals surface area contributed by atoms with Crippen molar-refractivity contribution in [1.29, 1.82) is 0 Å². The first-order valence-electron chi connectivity index (χ1n) is 8.87. The highest BCUT2D eigenvalue weighted by Gasteiger charge is 2.40. The van der Waals surface area contributed by atoms with Crippen LogP contribution in [0, 0.1) is 6.92 Å². The second-order valence-electron chi connectivity index (χ2n) is 6.56. The van der Waals surface area contributed by atoms with Crippen LogP contribution in [0.4, 0.5) is 5.69 Å². The Hall–Kier alpha value is -2.99. The number of anilines is 1. The van der Waals surface area contributed by atoms with Gasteiger partial charge in [0.2, 0.25) is 0 Å². The Balaban J connectivity index is 1.80. The lowest BCUT2D eigenvalue weighted by Gasteiger charge is -2.25. The Morgan fingerprint density at radius 3 is 2.41 bits per heavy atom. The van der Waals surface area contributed by atoms with Crippen molar-refractivity contribution < 1.29 is 14.3 Å². The van der Waals surface area contributed by atoms with Crippen LogP contribution >= 0.6 is 0 Å². The van der Waals surface area contributed by atoms with Crippen molar-refractivity contribution in [2.24, 2.45) is 4.99 Å². The highest BCUT2D eigenvalue weighted by Crippen LogP contribution is 2.24. The maximum atomic E-state index is 12.9. The van der Waals surface area contributed by atoms with Crippen molar-refractivity contribution in [2.75, 3.05) is 12.1 Å². The summed E-state index contributed by atoms with van der Waals surface area (Å²) in [6.45, 7) is 5.40. The van der Waals surface area contributed by atoms with Crippen molar-refractivity contribution in [2.45, 2.75) is 32.9 Å². The second-order valence-corrected chi connectivity index (χ2v) is 6.56. The summed E-state index contributed by atoms with van der Waals surface area (Å²) in [6.07, 6.45) is -0.783. The largest absolute Gasteiger partial charge is 0.481 e. The summed E-state index contributed by atoms with van der Waals surface area (Å²) in [5.74, 6) is -0.142. The van der Waals surface area contributed by atoms with Gasteiger partial charge in [-0.15, -0.1) is 0 Å². The minimum absolute atomic E-state index is 0.214. The molecule has 1 fully saturated rings. The summed E-state index contributed by atoms with van der Waals surface area (Å²) in [4.78, 5) is 29.5. The molecule has 0 aliphatic carbocycles. The van der Waals surface area contributed by atoms with Gasteiger partial charge >= 0.3 is 0 Å². The first-order chi connectivity index (χ1) is 12.9. The van der Waals surface area contributed by atoms with E-state index in [0.29, 0.717) is 5.75 Å². The lowest BCUT2D eigenvalue weighted by molar-refractivity contribution is -0.124. The van der Waals surface area contributed by atoms with Gasteiger partial charge in [-0.3, -0.25) is 9.59 Å². The summed E-state index contributed by atoms with van der Waals surface area (Å²) >= 11 is 0. The van der Waals surface area contributed by atoms with Crippen molar-refractivity contribution in [3.05, 3.63) is 60.2 Å². The van der Waals surface area contributed by atoms with E-state index in [2.05, 4.69) is 4.99 Å². The van der Waals surface area contributed by atoms with Gasteiger partial charge in [0, 0.05) is 7.05 Å². The van der Waals surface area contributed by atoms with Gasteiger partial charge in [0.1, 0.15) is 11.5 Å². The summed E-state index contributed by atoms with van der Waals surface area (Å²) in [6, 6.07) is 16.4. The van der Waals surface area contributed by atoms with Crippen LogP contribution in [-0.2, 0) is 9.59 Å². The molecule has 1 heterocycles. The summed E-state index contributed by atoms with van der Waals surface area (Å²) < 4.78 is 5.73. The molecule has 140 valence electrons. The van der Waals surface area contributed by atoms with E-state index in [1.165, 1.54) is 5.01 Å². The fourth-order valence-electron chi connectivity index (χ4n) is 2.93. The van der Waals surface area contributed by atoms with Gasteiger partial charge in [-0.1, -0.05) is 36.4 Å². The average molecular weight is 365 g/mol. The van der Waals surface area contributed by atoms with E-state index in [0.717, 1.165) is 11.3 Å². The molecule has 6 nitrogen and oxygen atoms in total. The van der Waals surface area contributed by atoms with Crippen molar-refractivity contribution in [3.63, 3.8) is 0 Å². The number of benzene rings is 2. The second kappa shape index (κ2) is 7.72.